The van der Waals surface area contributed by atoms with Crippen molar-refractivity contribution in [1.29, 1.82) is 0 Å². The van der Waals surface area contributed by atoms with Gasteiger partial charge in [-0.3, -0.25) is 0 Å². The van der Waals surface area contributed by atoms with Gasteiger partial charge in [0, 0.05) is 21.7 Å². The highest BCUT2D eigenvalue weighted by molar-refractivity contribution is 7.98. The Kier molecular flexibility index (Phi) is 5.39. The zero-order valence-electron chi connectivity index (χ0n) is 13.2. The molecule has 0 radical (unpaired) electrons. The second-order valence-electron chi connectivity index (χ2n) is 5.55. The van der Waals surface area contributed by atoms with Gasteiger partial charge in [0.2, 0.25) is 0 Å². The summed E-state index contributed by atoms with van der Waals surface area (Å²) in [5.41, 5.74) is 3.32. The summed E-state index contributed by atoms with van der Waals surface area (Å²) in [7, 11) is 0. The number of thioether (sulfide) groups is 1. The predicted octanol–water partition coefficient (Wildman–Crippen LogP) is 7.61. The number of nitrogens with zero attached hydrogens (tertiary/aromatic N) is 2. The highest BCUT2D eigenvalue weighted by Crippen LogP contribution is 2.39. The van der Waals surface area contributed by atoms with Crippen LogP contribution in [0.3, 0.4) is 0 Å². The van der Waals surface area contributed by atoms with Gasteiger partial charge >= 0.3 is 0 Å². The fraction of sp³-hybridized carbons (Fsp3) is 0.0526. The molecule has 0 amide bonds. The normalized spacial score (nSPS) is 11.2. The van der Waals surface area contributed by atoms with E-state index in [1.165, 1.54) is 0 Å². The molecule has 2 aromatic carbocycles. The summed E-state index contributed by atoms with van der Waals surface area (Å²) >= 11 is 21.4. The van der Waals surface area contributed by atoms with Crippen molar-refractivity contribution >= 4 is 68.1 Å². The third-order valence-corrected chi connectivity index (χ3v) is 6.79. The molecule has 0 bridgehead atoms. The molecular formula is C19H11Cl3N2S2. The number of hydrogen-bond donors (Lipinski definition) is 0. The Labute approximate surface area is 174 Å². The van der Waals surface area contributed by atoms with E-state index in [1.807, 2.05) is 42.5 Å². The van der Waals surface area contributed by atoms with E-state index >= 15 is 0 Å². The Morgan fingerprint density at radius 3 is 2.50 bits per heavy atom. The van der Waals surface area contributed by atoms with E-state index < -0.39 is 0 Å². The van der Waals surface area contributed by atoms with Crippen LogP contribution < -0.4 is 0 Å². The van der Waals surface area contributed by atoms with Crippen molar-refractivity contribution in [3.63, 3.8) is 0 Å². The van der Waals surface area contributed by atoms with E-state index in [-0.39, 0.29) is 0 Å². The van der Waals surface area contributed by atoms with Gasteiger partial charge in [-0.25, -0.2) is 9.97 Å². The number of benzene rings is 2. The van der Waals surface area contributed by atoms with E-state index in [0.717, 1.165) is 42.7 Å². The lowest BCUT2D eigenvalue weighted by atomic mass is 10.1. The van der Waals surface area contributed by atoms with Crippen LogP contribution in [-0.4, -0.2) is 9.97 Å². The molecule has 7 heteroatoms. The van der Waals surface area contributed by atoms with E-state index in [9.17, 15) is 0 Å². The summed E-state index contributed by atoms with van der Waals surface area (Å²) in [6.07, 6.45) is 1.61. The van der Waals surface area contributed by atoms with Crippen molar-refractivity contribution in [2.45, 2.75) is 10.8 Å². The summed E-state index contributed by atoms with van der Waals surface area (Å²) in [5, 5.41) is 5.99. The van der Waals surface area contributed by atoms with Crippen LogP contribution >= 0.6 is 57.9 Å². The van der Waals surface area contributed by atoms with Gasteiger partial charge in [0.05, 0.1) is 15.4 Å². The summed E-state index contributed by atoms with van der Waals surface area (Å²) in [6, 6.07) is 13.5. The maximum atomic E-state index is 6.12. The third-order valence-electron chi connectivity index (χ3n) is 3.85. The lowest BCUT2D eigenvalue weighted by Crippen LogP contribution is -1.88. The Morgan fingerprint density at radius 1 is 0.923 bits per heavy atom. The van der Waals surface area contributed by atoms with Crippen LogP contribution in [-0.2, 0) is 5.75 Å². The van der Waals surface area contributed by atoms with Crippen molar-refractivity contribution in [2.24, 2.45) is 0 Å². The Morgan fingerprint density at radius 2 is 1.73 bits per heavy atom. The molecule has 0 spiro atoms. The number of hydrogen-bond acceptors (Lipinski definition) is 4. The molecule has 0 N–H and O–H groups in total. The molecule has 2 nitrogen and oxygen atoms in total. The predicted molar refractivity (Wildman–Crippen MR) is 114 cm³/mol. The molecular weight excluding hydrogens is 427 g/mol. The summed E-state index contributed by atoms with van der Waals surface area (Å²) in [4.78, 5) is 9.90. The molecule has 0 fully saturated rings. The molecule has 0 atom stereocenters. The number of thiophene rings is 1. The number of aromatic nitrogens is 2. The summed E-state index contributed by atoms with van der Waals surface area (Å²) in [5.74, 6) is 0.749. The van der Waals surface area contributed by atoms with Crippen LogP contribution in [0.5, 0.6) is 0 Å². The zero-order chi connectivity index (χ0) is 18.1. The van der Waals surface area contributed by atoms with Crippen molar-refractivity contribution < 1.29 is 0 Å². The maximum absolute atomic E-state index is 6.12. The minimum absolute atomic E-state index is 0.563. The molecule has 0 saturated carbocycles. The first kappa shape index (κ1) is 18.1. The maximum Gasteiger partial charge on any atom is 0.128 e. The molecule has 0 aliphatic heterocycles. The van der Waals surface area contributed by atoms with Crippen molar-refractivity contribution in [2.75, 3.05) is 0 Å². The monoisotopic (exact) mass is 436 g/mol. The molecule has 0 saturated heterocycles. The van der Waals surface area contributed by atoms with Gasteiger partial charge in [-0.15, -0.1) is 23.1 Å². The van der Waals surface area contributed by atoms with E-state index in [2.05, 4.69) is 15.3 Å². The number of fused-ring (bicyclic) bond motifs is 1. The number of rotatable bonds is 4. The second-order valence-corrected chi connectivity index (χ2v) is 8.63. The molecule has 0 aliphatic rings. The number of halogens is 3. The van der Waals surface area contributed by atoms with Gasteiger partial charge in [0.15, 0.2) is 0 Å². The van der Waals surface area contributed by atoms with Crippen LogP contribution in [0.15, 0.2) is 59.2 Å². The van der Waals surface area contributed by atoms with Gasteiger partial charge < -0.3 is 0 Å². The molecule has 0 aliphatic carbocycles. The molecule has 26 heavy (non-hydrogen) atoms. The Hall–Kier alpha value is -1.30. The van der Waals surface area contributed by atoms with Crippen molar-refractivity contribution in [1.82, 2.24) is 9.97 Å². The van der Waals surface area contributed by atoms with Crippen LogP contribution in [0.4, 0.5) is 0 Å². The average Bonchev–Trinajstić information content (AvgIpc) is 3.08. The zero-order valence-corrected chi connectivity index (χ0v) is 17.1. The van der Waals surface area contributed by atoms with Gasteiger partial charge in [0.25, 0.3) is 0 Å². The van der Waals surface area contributed by atoms with Crippen LogP contribution in [0.1, 0.15) is 5.56 Å². The van der Waals surface area contributed by atoms with Crippen molar-refractivity contribution in [3.8, 4) is 11.1 Å². The second kappa shape index (κ2) is 7.75. The lowest BCUT2D eigenvalue weighted by Gasteiger charge is -2.06. The minimum Gasteiger partial charge on any atom is -0.229 e. The molecule has 4 aromatic rings. The lowest BCUT2D eigenvalue weighted by molar-refractivity contribution is 1.11. The van der Waals surface area contributed by atoms with Gasteiger partial charge in [0.1, 0.15) is 16.2 Å². The Bertz CT molecular complexity index is 1080. The van der Waals surface area contributed by atoms with Gasteiger partial charge in [-0.05, 0) is 35.4 Å². The first-order valence-electron chi connectivity index (χ1n) is 7.66. The van der Waals surface area contributed by atoms with Crippen LogP contribution in [0, 0.1) is 0 Å². The largest absolute Gasteiger partial charge is 0.229 e. The molecule has 0 unspecified atom stereocenters. The third kappa shape index (κ3) is 3.71. The topological polar surface area (TPSA) is 25.8 Å². The molecule has 2 heterocycles. The standard InChI is InChI=1S/C19H11Cl3N2S2/c20-13-4-2-12(3-5-13)14-9-26-19-17(14)18(23-10-24-19)25-8-11-1-6-15(21)16(22)7-11/h1-7,9-10H,8H2. The molecule has 2 aromatic heterocycles. The first-order chi connectivity index (χ1) is 12.6. The quantitative estimate of drug-likeness (QED) is 0.243. The van der Waals surface area contributed by atoms with Gasteiger partial charge in [-0.1, -0.05) is 53.0 Å². The molecule has 4 rings (SSSR count). The van der Waals surface area contributed by atoms with Crippen LogP contribution in [0.2, 0.25) is 15.1 Å². The fourth-order valence-electron chi connectivity index (χ4n) is 2.58. The van der Waals surface area contributed by atoms with E-state index in [1.54, 1.807) is 29.4 Å². The van der Waals surface area contributed by atoms with E-state index in [0.29, 0.717) is 10.0 Å². The van der Waals surface area contributed by atoms with E-state index in [4.69, 9.17) is 34.8 Å². The van der Waals surface area contributed by atoms with Gasteiger partial charge in [-0.2, -0.15) is 0 Å². The smallest absolute Gasteiger partial charge is 0.128 e. The molecule has 130 valence electrons. The SMILES string of the molecule is Clc1ccc(-c2csc3ncnc(SCc4ccc(Cl)c(Cl)c4)c23)cc1. The minimum atomic E-state index is 0.563. The van der Waals surface area contributed by atoms with Crippen LogP contribution in [0.25, 0.3) is 21.3 Å². The highest BCUT2D eigenvalue weighted by atomic mass is 35.5. The first-order valence-corrected chi connectivity index (χ1v) is 10.7. The average molecular weight is 438 g/mol. The van der Waals surface area contributed by atoms with Crippen molar-refractivity contribution in [3.05, 3.63) is 74.8 Å². The Balaban J connectivity index is 1.69. The summed E-state index contributed by atoms with van der Waals surface area (Å²) < 4.78 is 0. The summed E-state index contributed by atoms with van der Waals surface area (Å²) in [6.45, 7) is 0. The fourth-order valence-corrected chi connectivity index (χ4v) is 4.96. The highest BCUT2D eigenvalue weighted by Gasteiger charge is 2.14.